The number of allylic oxidation sites excluding steroid dienone is 3. The molecule has 0 aliphatic heterocycles. The summed E-state index contributed by atoms with van der Waals surface area (Å²) in [7, 11) is 0. The van der Waals surface area contributed by atoms with Crippen molar-refractivity contribution in [3.05, 3.63) is 24.3 Å². The molecule has 0 aromatic rings. The molecular formula is C20H28O2. The molecule has 0 aromatic carbocycles. The molecule has 22 heavy (non-hydrogen) atoms. The van der Waals surface area contributed by atoms with Gasteiger partial charge in [0.1, 0.15) is 0 Å². The number of hydrogen-bond donors (Lipinski definition) is 1. The fourth-order valence-corrected chi connectivity index (χ4v) is 6.24. The maximum Gasteiger partial charge on any atom is 0.310 e. The molecule has 0 aromatic heterocycles. The van der Waals surface area contributed by atoms with E-state index in [0.717, 1.165) is 23.7 Å². The predicted molar refractivity (Wildman–Crippen MR) is 87.2 cm³/mol. The van der Waals surface area contributed by atoms with Gasteiger partial charge in [0.25, 0.3) is 0 Å². The SMILES string of the molecule is CCCCCC[C@@H]1[C@H]2C=C[C@@H]3[C@@H]4[C@H]2[C@H]1C[C@H]4C=C[C@H]3C(=O)O. The van der Waals surface area contributed by atoms with Crippen LogP contribution in [0.1, 0.15) is 45.4 Å². The molecule has 4 aliphatic carbocycles. The van der Waals surface area contributed by atoms with Gasteiger partial charge >= 0.3 is 5.97 Å². The Morgan fingerprint density at radius 3 is 2.64 bits per heavy atom. The molecule has 0 spiro atoms. The second-order valence-electron chi connectivity index (χ2n) is 8.02. The van der Waals surface area contributed by atoms with E-state index in [-0.39, 0.29) is 11.8 Å². The van der Waals surface area contributed by atoms with Gasteiger partial charge in [-0.05, 0) is 54.3 Å². The summed E-state index contributed by atoms with van der Waals surface area (Å²) in [5.41, 5.74) is 0. The zero-order chi connectivity index (χ0) is 15.3. The van der Waals surface area contributed by atoms with Crippen LogP contribution >= 0.6 is 0 Å². The number of carbonyl (C=O) groups is 1. The first kappa shape index (κ1) is 14.5. The van der Waals surface area contributed by atoms with Crippen LogP contribution in [0.5, 0.6) is 0 Å². The zero-order valence-corrected chi connectivity index (χ0v) is 13.5. The molecule has 0 heterocycles. The van der Waals surface area contributed by atoms with E-state index >= 15 is 0 Å². The lowest BCUT2D eigenvalue weighted by molar-refractivity contribution is -0.143. The van der Waals surface area contributed by atoms with E-state index in [1.165, 1.54) is 38.5 Å². The summed E-state index contributed by atoms with van der Waals surface area (Å²) in [6.07, 6.45) is 17.1. The number of aliphatic carboxylic acids is 1. The molecule has 8 atom stereocenters. The van der Waals surface area contributed by atoms with Gasteiger partial charge < -0.3 is 5.11 Å². The Morgan fingerprint density at radius 1 is 1.05 bits per heavy atom. The van der Waals surface area contributed by atoms with Crippen molar-refractivity contribution in [3.63, 3.8) is 0 Å². The molecule has 2 fully saturated rings. The summed E-state index contributed by atoms with van der Waals surface area (Å²) < 4.78 is 0. The average Bonchev–Trinajstić information content (AvgIpc) is 2.85. The quantitative estimate of drug-likeness (QED) is 0.578. The van der Waals surface area contributed by atoms with Gasteiger partial charge in [0.05, 0.1) is 5.92 Å². The Kier molecular flexibility index (Phi) is 3.66. The van der Waals surface area contributed by atoms with E-state index in [0.29, 0.717) is 11.8 Å². The Hall–Kier alpha value is -1.05. The second-order valence-corrected chi connectivity index (χ2v) is 8.02. The average molecular weight is 300 g/mol. The molecule has 2 nitrogen and oxygen atoms in total. The van der Waals surface area contributed by atoms with Crippen molar-refractivity contribution in [3.8, 4) is 0 Å². The topological polar surface area (TPSA) is 37.3 Å². The standard InChI is InChI=1S/C20H28O2/c1-2-3-4-5-6-13-14-9-10-15-16(20(21)22)8-7-12-11-17(13)19(14)18(12)15/h7-10,12-19H,2-6,11H2,1H3,(H,21,22)/t12-,13-,14-,15+,16-,17+,18-,19-/m1/s1. The van der Waals surface area contributed by atoms with Crippen LogP contribution in [-0.2, 0) is 4.79 Å². The molecule has 2 heteroatoms. The first-order valence-corrected chi connectivity index (χ1v) is 9.31. The summed E-state index contributed by atoms with van der Waals surface area (Å²) in [6.45, 7) is 2.27. The molecule has 120 valence electrons. The maximum atomic E-state index is 11.5. The molecule has 4 rings (SSSR count). The lowest BCUT2D eigenvalue weighted by Crippen LogP contribution is -2.50. The molecule has 0 amide bonds. The van der Waals surface area contributed by atoms with Crippen molar-refractivity contribution in [2.24, 2.45) is 47.3 Å². The summed E-state index contributed by atoms with van der Waals surface area (Å²) in [6, 6.07) is 0. The van der Waals surface area contributed by atoms with Crippen LogP contribution in [0.4, 0.5) is 0 Å². The minimum Gasteiger partial charge on any atom is -0.481 e. The van der Waals surface area contributed by atoms with Gasteiger partial charge in [-0.1, -0.05) is 56.9 Å². The third-order valence-electron chi connectivity index (χ3n) is 7.12. The third kappa shape index (κ3) is 2.02. The van der Waals surface area contributed by atoms with Crippen LogP contribution in [0.3, 0.4) is 0 Å². The Labute approximate surface area is 133 Å². The van der Waals surface area contributed by atoms with Crippen molar-refractivity contribution in [2.75, 3.05) is 0 Å². The van der Waals surface area contributed by atoms with E-state index < -0.39 is 5.97 Å². The second kappa shape index (κ2) is 5.54. The monoisotopic (exact) mass is 300 g/mol. The lowest BCUT2D eigenvalue weighted by atomic mass is 9.50. The summed E-state index contributed by atoms with van der Waals surface area (Å²) in [4.78, 5) is 11.5. The van der Waals surface area contributed by atoms with E-state index in [2.05, 4.69) is 25.2 Å². The van der Waals surface area contributed by atoms with Crippen molar-refractivity contribution in [1.82, 2.24) is 0 Å². The first-order valence-electron chi connectivity index (χ1n) is 9.31. The predicted octanol–water partition coefficient (Wildman–Crippen LogP) is 4.53. The van der Waals surface area contributed by atoms with Crippen molar-refractivity contribution < 1.29 is 9.90 Å². The highest BCUT2D eigenvalue weighted by molar-refractivity contribution is 5.73. The van der Waals surface area contributed by atoms with Crippen molar-refractivity contribution in [1.29, 1.82) is 0 Å². The highest BCUT2D eigenvalue weighted by atomic mass is 16.4. The van der Waals surface area contributed by atoms with E-state index in [4.69, 9.17) is 0 Å². The van der Waals surface area contributed by atoms with Gasteiger partial charge in [-0.3, -0.25) is 4.79 Å². The van der Waals surface area contributed by atoms with Gasteiger partial charge in [0.15, 0.2) is 0 Å². The molecule has 1 N–H and O–H groups in total. The van der Waals surface area contributed by atoms with E-state index in [1.54, 1.807) is 0 Å². The van der Waals surface area contributed by atoms with E-state index in [9.17, 15) is 9.90 Å². The fraction of sp³-hybridized carbons (Fsp3) is 0.750. The molecule has 0 bridgehead atoms. The van der Waals surface area contributed by atoms with Crippen LogP contribution in [0.2, 0.25) is 0 Å². The third-order valence-corrected chi connectivity index (χ3v) is 7.12. The number of unbranched alkanes of at least 4 members (excludes halogenated alkanes) is 3. The molecular weight excluding hydrogens is 272 g/mol. The van der Waals surface area contributed by atoms with Gasteiger partial charge in [0, 0.05) is 0 Å². The highest BCUT2D eigenvalue weighted by Gasteiger charge is 2.62. The highest BCUT2D eigenvalue weighted by Crippen LogP contribution is 2.67. The summed E-state index contributed by atoms with van der Waals surface area (Å²) in [5, 5.41) is 9.48. The number of carboxylic acid groups (broad SMARTS) is 1. The minimum absolute atomic E-state index is 0.264. The Balaban J connectivity index is 1.49. The number of carboxylic acids is 1. The summed E-state index contributed by atoms with van der Waals surface area (Å²) in [5.74, 6) is 3.96. The minimum atomic E-state index is -0.637. The van der Waals surface area contributed by atoms with Crippen molar-refractivity contribution in [2.45, 2.75) is 45.4 Å². The van der Waals surface area contributed by atoms with Gasteiger partial charge in [-0.2, -0.15) is 0 Å². The van der Waals surface area contributed by atoms with Crippen LogP contribution in [-0.4, -0.2) is 11.1 Å². The lowest BCUT2D eigenvalue weighted by Gasteiger charge is -2.54. The molecule has 4 aliphatic rings. The number of hydrogen-bond acceptors (Lipinski definition) is 1. The largest absolute Gasteiger partial charge is 0.481 e. The van der Waals surface area contributed by atoms with Gasteiger partial charge in [-0.25, -0.2) is 0 Å². The normalized spacial score (nSPS) is 47.1. The number of rotatable bonds is 6. The molecule has 0 radical (unpaired) electrons. The van der Waals surface area contributed by atoms with Crippen LogP contribution in [0, 0.1) is 47.3 Å². The fourth-order valence-electron chi connectivity index (χ4n) is 6.24. The van der Waals surface area contributed by atoms with Crippen LogP contribution in [0.15, 0.2) is 24.3 Å². The van der Waals surface area contributed by atoms with E-state index in [1.807, 2.05) is 6.08 Å². The smallest absolute Gasteiger partial charge is 0.310 e. The Morgan fingerprint density at radius 2 is 1.86 bits per heavy atom. The maximum absolute atomic E-state index is 11.5. The van der Waals surface area contributed by atoms with Crippen LogP contribution in [0.25, 0.3) is 0 Å². The zero-order valence-electron chi connectivity index (χ0n) is 13.5. The first-order chi connectivity index (χ1) is 10.7. The van der Waals surface area contributed by atoms with Crippen LogP contribution < -0.4 is 0 Å². The Bertz CT molecular complexity index is 506. The molecule has 0 saturated heterocycles. The summed E-state index contributed by atoms with van der Waals surface area (Å²) >= 11 is 0. The van der Waals surface area contributed by atoms with Crippen molar-refractivity contribution >= 4 is 5.97 Å². The van der Waals surface area contributed by atoms with Gasteiger partial charge in [-0.15, -0.1) is 0 Å². The molecule has 0 unspecified atom stereocenters. The molecule has 2 saturated carbocycles. The van der Waals surface area contributed by atoms with Gasteiger partial charge in [0.2, 0.25) is 0 Å².